The molecule has 0 atom stereocenters. The lowest BCUT2D eigenvalue weighted by Gasteiger charge is -2.14. The second kappa shape index (κ2) is 11.1. The molecule has 0 aliphatic rings. The third-order valence-electron chi connectivity index (χ3n) is 7.35. The monoisotopic (exact) mass is 541 g/mol. The Bertz CT molecular complexity index is 2140. The van der Waals surface area contributed by atoms with E-state index in [0.717, 1.165) is 55.0 Å². The van der Waals surface area contributed by atoms with E-state index in [1.807, 2.05) is 72.8 Å². The van der Waals surface area contributed by atoms with Gasteiger partial charge in [-0.15, -0.1) is 0 Å². The summed E-state index contributed by atoms with van der Waals surface area (Å²) in [6.45, 7) is 3.73. The number of aromatic nitrogens is 3. The molecule has 2 aromatic heterocycles. The number of hydrogen-bond acceptors (Lipinski definition) is 4. The first-order valence-corrected chi connectivity index (χ1v) is 14.0. The van der Waals surface area contributed by atoms with Crippen molar-refractivity contribution in [1.82, 2.24) is 15.0 Å². The van der Waals surface area contributed by atoms with E-state index in [1.54, 1.807) is 6.08 Å². The van der Waals surface area contributed by atoms with Gasteiger partial charge in [-0.2, -0.15) is 0 Å². The summed E-state index contributed by atoms with van der Waals surface area (Å²) in [6.07, 6.45) is 10.2. The number of nitrogens with zero attached hydrogens (tertiary/aromatic N) is 3. The Morgan fingerprint density at radius 2 is 1.36 bits per heavy atom. The summed E-state index contributed by atoms with van der Waals surface area (Å²) in [5.41, 5.74) is 5.74. The molecule has 5 aromatic carbocycles. The Kier molecular flexibility index (Phi) is 6.71. The molecule has 0 N–H and O–H groups in total. The van der Waals surface area contributed by atoms with Crippen LogP contribution in [0, 0.1) is 0 Å². The summed E-state index contributed by atoms with van der Waals surface area (Å²) in [7, 11) is 0. The summed E-state index contributed by atoms with van der Waals surface area (Å²) >= 11 is 0. The molecule has 2 heterocycles. The maximum absolute atomic E-state index is 6.26. The third kappa shape index (κ3) is 4.80. The van der Waals surface area contributed by atoms with Crippen LogP contribution in [0.3, 0.4) is 0 Å². The maximum atomic E-state index is 6.26. The van der Waals surface area contributed by atoms with Gasteiger partial charge in [0.15, 0.2) is 11.6 Å². The van der Waals surface area contributed by atoms with E-state index in [-0.39, 0.29) is 0 Å². The summed E-state index contributed by atoms with van der Waals surface area (Å²) in [6, 6.07) is 37.4. The van der Waals surface area contributed by atoms with Crippen LogP contribution in [0.1, 0.15) is 5.82 Å². The van der Waals surface area contributed by atoms with Crippen LogP contribution in [0.15, 0.2) is 151 Å². The van der Waals surface area contributed by atoms with Crippen LogP contribution in [-0.2, 0) is 6.42 Å². The highest BCUT2D eigenvalue weighted by atomic mass is 16.3. The molecule has 0 fully saturated rings. The average Bonchev–Trinajstić information content (AvgIpc) is 3.42. The minimum atomic E-state index is 0.571. The second-order valence-corrected chi connectivity index (χ2v) is 10.0. The van der Waals surface area contributed by atoms with Gasteiger partial charge in [-0.1, -0.05) is 128 Å². The number of furan rings is 1. The molecule has 7 aromatic rings. The minimum absolute atomic E-state index is 0.571. The summed E-state index contributed by atoms with van der Waals surface area (Å²) < 4.78 is 6.26. The van der Waals surface area contributed by atoms with Crippen molar-refractivity contribution >= 4 is 32.7 Å². The fourth-order valence-corrected chi connectivity index (χ4v) is 5.38. The van der Waals surface area contributed by atoms with E-state index in [0.29, 0.717) is 23.9 Å². The van der Waals surface area contributed by atoms with Crippen molar-refractivity contribution in [3.63, 3.8) is 0 Å². The Morgan fingerprint density at radius 3 is 2.24 bits per heavy atom. The Hall–Kier alpha value is -5.61. The van der Waals surface area contributed by atoms with E-state index in [9.17, 15) is 0 Å². The molecule has 0 aliphatic heterocycles. The summed E-state index contributed by atoms with van der Waals surface area (Å²) in [5.74, 6) is 2.00. The first-order valence-electron chi connectivity index (χ1n) is 14.0. The molecule has 7 rings (SSSR count). The fraction of sp³-hybridized carbons (Fsp3) is 0.0263. The van der Waals surface area contributed by atoms with Crippen molar-refractivity contribution in [3.8, 4) is 33.9 Å². The molecule has 0 spiro atoms. The van der Waals surface area contributed by atoms with Gasteiger partial charge in [0.1, 0.15) is 17.0 Å². The van der Waals surface area contributed by atoms with Gasteiger partial charge in [-0.3, -0.25) is 0 Å². The lowest BCUT2D eigenvalue weighted by atomic mass is 9.93. The predicted molar refractivity (Wildman–Crippen MR) is 173 cm³/mol. The summed E-state index contributed by atoms with van der Waals surface area (Å²) in [5, 5.41) is 4.42. The van der Waals surface area contributed by atoms with Crippen LogP contribution in [0.2, 0.25) is 0 Å². The largest absolute Gasteiger partial charge is 0.456 e. The van der Waals surface area contributed by atoms with Gasteiger partial charge in [0.2, 0.25) is 0 Å². The number of hydrogen-bond donors (Lipinski definition) is 0. The van der Waals surface area contributed by atoms with Gasteiger partial charge in [0.05, 0.1) is 0 Å². The molecule has 200 valence electrons. The molecule has 42 heavy (non-hydrogen) atoms. The Labute approximate surface area is 244 Å². The number of allylic oxidation sites excluding steroid dienone is 5. The standard InChI is InChI=1S/C38H27N3O/c1-2-3-4-5-9-20-35-39-37(27-15-7-6-8-16-27)41-38(40-35)36-29-17-11-10-14-26(29)21-23-30(36)28-22-24-32-31-18-12-13-19-33(31)42-34(32)25-28/h2-19,21-25H,1,20H2/b4-3-,9-5-. The number of benzene rings is 5. The zero-order valence-corrected chi connectivity index (χ0v) is 22.9. The van der Waals surface area contributed by atoms with Crippen LogP contribution in [0.4, 0.5) is 0 Å². The lowest BCUT2D eigenvalue weighted by Crippen LogP contribution is -2.03. The van der Waals surface area contributed by atoms with Crippen molar-refractivity contribution in [2.45, 2.75) is 6.42 Å². The van der Waals surface area contributed by atoms with Gasteiger partial charge in [0, 0.05) is 28.3 Å². The molecule has 0 radical (unpaired) electrons. The number of para-hydroxylation sites is 1. The summed E-state index contributed by atoms with van der Waals surface area (Å²) in [4.78, 5) is 15.0. The first kappa shape index (κ1) is 25.4. The maximum Gasteiger partial charge on any atom is 0.164 e. The quantitative estimate of drug-likeness (QED) is 0.188. The molecular weight excluding hydrogens is 514 g/mol. The van der Waals surface area contributed by atoms with E-state index in [2.05, 4.69) is 67.2 Å². The van der Waals surface area contributed by atoms with Gasteiger partial charge >= 0.3 is 0 Å². The molecule has 4 heteroatoms. The molecular formula is C38H27N3O. The average molecular weight is 542 g/mol. The van der Waals surface area contributed by atoms with Crippen molar-refractivity contribution < 1.29 is 4.42 Å². The van der Waals surface area contributed by atoms with E-state index in [4.69, 9.17) is 19.4 Å². The van der Waals surface area contributed by atoms with Crippen LogP contribution in [0.5, 0.6) is 0 Å². The highest BCUT2D eigenvalue weighted by Gasteiger charge is 2.18. The Morgan fingerprint density at radius 1 is 0.595 bits per heavy atom. The van der Waals surface area contributed by atoms with Crippen molar-refractivity contribution in [3.05, 3.63) is 152 Å². The van der Waals surface area contributed by atoms with Crippen molar-refractivity contribution in [2.75, 3.05) is 0 Å². The third-order valence-corrected chi connectivity index (χ3v) is 7.35. The molecule has 0 unspecified atom stereocenters. The van der Waals surface area contributed by atoms with E-state index in [1.165, 1.54) is 0 Å². The van der Waals surface area contributed by atoms with Crippen LogP contribution >= 0.6 is 0 Å². The zero-order valence-electron chi connectivity index (χ0n) is 22.9. The van der Waals surface area contributed by atoms with Gasteiger partial charge in [-0.05, 0) is 40.1 Å². The highest BCUT2D eigenvalue weighted by Crippen LogP contribution is 2.39. The van der Waals surface area contributed by atoms with Gasteiger partial charge in [-0.25, -0.2) is 15.0 Å². The lowest BCUT2D eigenvalue weighted by molar-refractivity contribution is 0.669. The van der Waals surface area contributed by atoms with E-state index >= 15 is 0 Å². The smallest absolute Gasteiger partial charge is 0.164 e. The van der Waals surface area contributed by atoms with Crippen LogP contribution in [0.25, 0.3) is 66.6 Å². The Balaban J connectivity index is 1.45. The molecule has 0 amide bonds. The minimum Gasteiger partial charge on any atom is -0.456 e. The van der Waals surface area contributed by atoms with Crippen LogP contribution < -0.4 is 0 Å². The molecule has 0 bridgehead atoms. The topological polar surface area (TPSA) is 51.8 Å². The van der Waals surface area contributed by atoms with Gasteiger partial charge in [0.25, 0.3) is 0 Å². The van der Waals surface area contributed by atoms with Crippen molar-refractivity contribution in [1.29, 1.82) is 0 Å². The van der Waals surface area contributed by atoms with Crippen molar-refractivity contribution in [2.24, 2.45) is 0 Å². The molecule has 0 aliphatic carbocycles. The first-order chi connectivity index (χ1) is 20.8. The molecule has 0 saturated carbocycles. The highest BCUT2D eigenvalue weighted by molar-refractivity contribution is 6.08. The predicted octanol–water partition coefficient (Wildman–Crippen LogP) is 9.77. The van der Waals surface area contributed by atoms with Gasteiger partial charge < -0.3 is 4.42 Å². The van der Waals surface area contributed by atoms with E-state index < -0.39 is 0 Å². The fourth-order valence-electron chi connectivity index (χ4n) is 5.38. The second-order valence-electron chi connectivity index (χ2n) is 10.0. The normalized spacial score (nSPS) is 11.8. The number of rotatable bonds is 7. The molecule has 4 nitrogen and oxygen atoms in total. The SMILES string of the molecule is C=C/C=C\C=C/Cc1nc(-c2ccccc2)nc(-c2c(-c3ccc4c(c3)oc3ccccc34)ccc3ccccc23)n1. The van der Waals surface area contributed by atoms with Crippen LogP contribution in [-0.4, -0.2) is 15.0 Å². The number of fused-ring (bicyclic) bond motifs is 4. The zero-order chi connectivity index (χ0) is 28.3. The molecule has 0 saturated heterocycles.